The second kappa shape index (κ2) is 10.6. The van der Waals surface area contributed by atoms with E-state index in [0.717, 1.165) is 17.3 Å². The summed E-state index contributed by atoms with van der Waals surface area (Å²) < 4.78 is 0. The normalized spacial score (nSPS) is 11.0. The topological polar surface area (TPSA) is 114 Å². The summed E-state index contributed by atoms with van der Waals surface area (Å²) in [5, 5.41) is 21.4. The first-order chi connectivity index (χ1) is 13.5. The predicted molar refractivity (Wildman–Crippen MR) is 107 cm³/mol. The Morgan fingerprint density at radius 1 is 1.14 bits per heavy atom. The van der Waals surface area contributed by atoms with Crippen molar-refractivity contribution < 1.29 is 19.9 Å². The van der Waals surface area contributed by atoms with E-state index in [-0.39, 0.29) is 6.61 Å². The summed E-state index contributed by atoms with van der Waals surface area (Å²) in [7, 11) is 1.89. The van der Waals surface area contributed by atoms with E-state index in [2.05, 4.69) is 10.5 Å². The number of nitrogens with one attached hydrogen (secondary N) is 2. The monoisotopic (exact) mass is 382 g/mol. The lowest BCUT2D eigenvalue weighted by atomic mass is 10.1. The summed E-state index contributed by atoms with van der Waals surface area (Å²) in [6.45, 7) is 0.625. The number of amides is 2. The van der Waals surface area contributed by atoms with E-state index in [0.29, 0.717) is 17.7 Å². The van der Waals surface area contributed by atoms with Crippen molar-refractivity contribution in [3.63, 3.8) is 0 Å². The van der Waals surface area contributed by atoms with E-state index < -0.39 is 11.8 Å². The third-order valence-corrected chi connectivity index (χ3v) is 3.84. The van der Waals surface area contributed by atoms with Crippen LogP contribution in [0.5, 0.6) is 0 Å². The van der Waals surface area contributed by atoms with Crippen LogP contribution in [0.2, 0.25) is 0 Å². The molecule has 2 aromatic rings. The molecule has 0 aliphatic heterocycles. The van der Waals surface area contributed by atoms with Gasteiger partial charge in [0, 0.05) is 30.9 Å². The fraction of sp³-hybridized carbons (Fsp3) is 0.150. The van der Waals surface area contributed by atoms with Crippen LogP contribution in [0.15, 0.2) is 59.7 Å². The van der Waals surface area contributed by atoms with Crippen molar-refractivity contribution in [1.29, 1.82) is 0 Å². The van der Waals surface area contributed by atoms with Crippen molar-refractivity contribution in [2.45, 2.75) is 0 Å². The van der Waals surface area contributed by atoms with Crippen molar-refractivity contribution in [3.8, 4) is 0 Å². The molecule has 0 unspecified atom stereocenters. The summed E-state index contributed by atoms with van der Waals surface area (Å²) in [6, 6.07) is 14.1. The van der Waals surface area contributed by atoms with Gasteiger partial charge in [-0.15, -0.1) is 0 Å². The first-order valence-corrected chi connectivity index (χ1v) is 8.51. The molecular weight excluding hydrogens is 360 g/mol. The molecule has 0 atom stereocenters. The Morgan fingerprint density at radius 2 is 1.89 bits per heavy atom. The molecule has 8 heteroatoms. The highest BCUT2D eigenvalue weighted by molar-refractivity contribution is 5.96. The number of rotatable bonds is 8. The quantitative estimate of drug-likeness (QED) is 0.238. The van der Waals surface area contributed by atoms with Gasteiger partial charge in [-0.2, -0.15) is 5.10 Å². The number of aliphatic hydroxyl groups is 1. The number of hydrogen-bond acceptors (Lipinski definition) is 6. The highest BCUT2D eigenvalue weighted by Crippen LogP contribution is 2.12. The van der Waals surface area contributed by atoms with Crippen LogP contribution < -0.4 is 15.8 Å². The average Bonchev–Trinajstić information content (AvgIpc) is 2.72. The van der Waals surface area contributed by atoms with Gasteiger partial charge in [-0.05, 0) is 41.5 Å². The lowest BCUT2D eigenvalue weighted by Gasteiger charge is -2.17. The standard InChI is InChI=1S/C20H22N4O4/c1-24(11-12-25)18-8-5-16(6-9-18)14-21-22-20(27)17-4-2-3-15(13-17)7-10-19(26)23-28/h2-10,13-14,25,28H,11-12H2,1H3,(H,22,27)(H,23,26). The van der Waals surface area contributed by atoms with Gasteiger partial charge in [0.2, 0.25) is 0 Å². The number of carbonyl (C=O) groups is 2. The Labute approximate surface area is 162 Å². The van der Waals surface area contributed by atoms with Gasteiger partial charge in [-0.1, -0.05) is 24.3 Å². The van der Waals surface area contributed by atoms with E-state index in [1.807, 2.05) is 36.2 Å². The minimum absolute atomic E-state index is 0.0807. The van der Waals surface area contributed by atoms with E-state index >= 15 is 0 Å². The Bertz CT molecular complexity index is 863. The van der Waals surface area contributed by atoms with Crippen LogP contribution in [0.1, 0.15) is 21.5 Å². The van der Waals surface area contributed by atoms with Crippen LogP contribution >= 0.6 is 0 Å². The summed E-state index contributed by atoms with van der Waals surface area (Å²) in [5.41, 5.74) is 6.73. The average molecular weight is 382 g/mol. The second-order valence-corrected chi connectivity index (χ2v) is 5.87. The summed E-state index contributed by atoms with van der Waals surface area (Å²) in [4.78, 5) is 25.1. The number of anilines is 1. The van der Waals surface area contributed by atoms with Gasteiger partial charge in [0.1, 0.15) is 0 Å². The van der Waals surface area contributed by atoms with E-state index in [1.54, 1.807) is 24.3 Å². The van der Waals surface area contributed by atoms with Crippen molar-refractivity contribution in [3.05, 3.63) is 71.3 Å². The molecule has 0 saturated heterocycles. The summed E-state index contributed by atoms with van der Waals surface area (Å²) in [5.74, 6) is -1.05. The van der Waals surface area contributed by atoms with Crippen LogP contribution in [0.25, 0.3) is 6.08 Å². The van der Waals surface area contributed by atoms with Gasteiger partial charge < -0.3 is 10.0 Å². The smallest absolute Gasteiger partial charge is 0.271 e. The Kier molecular flexibility index (Phi) is 7.89. The van der Waals surface area contributed by atoms with Gasteiger partial charge in [-0.3, -0.25) is 14.8 Å². The lowest BCUT2D eigenvalue weighted by molar-refractivity contribution is -0.124. The number of hydrazone groups is 1. The molecule has 4 N–H and O–H groups in total. The summed E-state index contributed by atoms with van der Waals surface area (Å²) in [6.07, 6.45) is 4.15. The van der Waals surface area contributed by atoms with Crippen LogP contribution in [0.4, 0.5) is 5.69 Å². The second-order valence-electron chi connectivity index (χ2n) is 5.87. The fourth-order valence-corrected chi connectivity index (χ4v) is 2.32. The molecule has 0 bridgehead atoms. The van der Waals surface area contributed by atoms with Crippen LogP contribution in [0, 0.1) is 0 Å². The van der Waals surface area contributed by atoms with E-state index in [9.17, 15) is 9.59 Å². The Balaban J connectivity index is 1.96. The number of hydrogen-bond donors (Lipinski definition) is 4. The zero-order valence-corrected chi connectivity index (χ0v) is 15.4. The van der Waals surface area contributed by atoms with Gasteiger partial charge in [0.15, 0.2) is 0 Å². The minimum atomic E-state index is -0.659. The lowest BCUT2D eigenvalue weighted by Crippen LogP contribution is -2.20. The highest BCUT2D eigenvalue weighted by Gasteiger charge is 2.04. The van der Waals surface area contributed by atoms with Crippen molar-refractivity contribution >= 4 is 29.8 Å². The molecule has 0 spiro atoms. The zero-order valence-electron chi connectivity index (χ0n) is 15.4. The third kappa shape index (κ3) is 6.35. The molecule has 2 rings (SSSR count). The molecule has 0 radical (unpaired) electrons. The molecule has 2 aromatic carbocycles. The molecule has 2 amide bonds. The zero-order chi connectivity index (χ0) is 20.4. The van der Waals surface area contributed by atoms with Crippen LogP contribution in [-0.4, -0.2) is 48.5 Å². The maximum absolute atomic E-state index is 12.2. The number of carbonyl (C=O) groups excluding carboxylic acids is 2. The number of likely N-dealkylation sites (N-methyl/N-ethyl adjacent to an activating group) is 1. The van der Waals surface area contributed by atoms with Crippen molar-refractivity contribution in [2.75, 3.05) is 25.1 Å². The van der Waals surface area contributed by atoms with Crippen molar-refractivity contribution in [2.24, 2.45) is 5.10 Å². The first kappa shape index (κ1) is 20.8. The number of hydroxylamine groups is 1. The van der Waals surface area contributed by atoms with Gasteiger partial charge in [0.25, 0.3) is 11.8 Å². The molecule has 0 heterocycles. The Morgan fingerprint density at radius 3 is 2.57 bits per heavy atom. The Hall–Kier alpha value is -3.49. The van der Waals surface area contributed by atoms with Crippen LogP contribution in [0.3, 0.4) is 0 Å². The van der Waals surface area contributed by atoms with E-state index in [1.165, 1.54) is 17.8 Å². The molecule has 0 aliphatic rings. The highest BCUT2D eigenvalue weighted by atomic mass is 16.5. The molecule has 0 saturated carbocycles. The molecule has 146 valence electrons. The van der Waals surface area contributed by atoms with Crippen molar-refractivity contribution in [1.82, 2.24) is 10.9 Å². The SMILES string of the molecule is CN(CCO)c1ccc(C=NNC(=O)c2cccc(C=CC(=O)NO)c2)cc1. The number of nitrogens with zero attached hydrogens (tertiary/aromatic N) is 2. The molecule has 0 aromatic heterocycles. The van der Waals surface area contributed by atoms with Gasteiger partial charge in [-0.25, -0.2) is 10.9 Å². The molecule has 28 heavy (non-hydrogen) atoms. The maximum Gasteiger partial charge on any atom is 0.271 e. The first-order valence-electron chi connectivity index (χ1n) is 8.51. The fourth-order valence-electron chi connectivity index (χ4n) is 2.32. The van der Waals surface area contributed by atoms with E-state index in [4.69, 9.17) is 10.3 Å². The van der Waals surface area contributed by atoms with Gasteiger partial charge >= 0.3 is 0 Å². The third-order valence-electron chi connectivity index (χ3n) is 3.84. The predicted octanol–water partition coefficient (Wildman–Crippen LogP) is 1.40. The van der Waals surface area contributed by atoms with Crippen LogP contribution in [-0.2, 0) is 4.79 Å². The number of benzene rings is 2. The molecule has 0 aliphatic carbocycles. The largest absolute Gasteiger partial charge is 0.395 e. The summed E-state index contributed by atoms with van der Waals surface area (Å²) >= 11 is 0. The molecule has 0 fully saturated rings. The van der Waals surface area contributed by atoms with Gasteiger partial charge in [0.05, 0.1) is 12.8 Å². The molecular formula is C20H22N4O4. The number of aliphatic hydroxyl groups excluding tert-OH is 1. The molecule has 8 nitrogen and oxygen atoms in total. The maximum atomic E-state index is 12.2. The minimum Gasteiger partial charge on any atom is -0.395 e.